The van der Waals surface area contributed by atoms with E-state index in [-0.39, 0.29) is 11.6 Å². The Morgan fingerprint density at radius 2 is 2.00 bits per heavy atom. The van der Waals surface area contributed by atoms with Gasteiger partial charge in [0.05, 0.1) is 53.2 Å². The lowest BCUT2D eigenvalue weighted by molar-refractivity contribution is 0.0886. The van der Waals surface area contributed by atoms with Crippen LogP contribution in [0.4, 0.5) is 5.82 Å². The lowest BCUT2D eigenvalue weighted by Gasteiger charge is -2.34. The molecule has 0 unspecified atom stereocenters. The summed E-state index contributed by atoms with van der Waals surface area (Å²) in [5.41, 5.74) is 2.58. The number of hydrogen-bond acceptors (Lipinski definition) is 8. The second-order valence-corrected chi connectivity index (χ2v) is 9.36. The second kappa shape index (κ2) is 11.9. The van der Waals surface area contributed by atoms with Gasteiger partial charge in [-0.05, 0) is 38.0 Å². The third kappa shape index (κ3) is 5.99. The van der Waals surface area contributed by atoms with Gasteiger partial charge in [0.15, 0.2) is 0 Å². The van der Waals surface area contributed by atoms with Crippen molar-refractivity contribution >= 4 is 28.8 Å². The van der Waals surface area contributed by atoms with Gasteiger partial charge in [-0.1, -0.05) is 32.0 Å². The van der Waals surface area contributed by atoms with Gasteiger partial charge in [-0.2, -0.15) is 10.4 Å². The molecular formula is C28H29ClN8O2. The zero-order valence-corrected chi connectivity index (χ0v) is 22.8. The van der Waals surface area contributed by atoms with Crippen molar-refractivity contribution in [3.8, 4) is 23.1 Å². The Labute approximate surface area is 231 Å². The van der Waals surface area contributed by atoms with E-state index in [9.17, 15) is 10.1 Å². The Morgan fingerprint density at radius 3 is 2.64 bits per heavy atom. The molecule has 0 aliphatic rings. The lowest BCUT2D eigenvalue weighted by atomic mass is 9.87. The fourth-order valence-corrected chi connectivity index (χ4v) is 4.57. The molecule has 39 heavy (non-hydrogen) atoms. The van der Waals surface area contributed by atoms with Crippen molar-refractivity contribution in [2.45, 2.75) is 45.6 Å². The molecule has 10 nitrogen and oxygen atoms in total. The highest BCUT2D eigenvalue weighted by Crippen LogP contribution is 2.30. The van der Waals surface area contributed by atoms with E-state index in [0.717, 1.165) is 0 Å². The molecule has 0 saturated carbocycles. The highest BCUT2D eigenvalue weighted by atomic mass is 35.5. The van der Waals surface area contributed by atoms with E-state index < -0.39 is 5.54 Å². The van der Waals surface area contributed by atoms with Gasteiger partial charge in [-0.25, -0.2) is 14.5 Å². The van der Waals surface area contributed by atoms with Crippen molar-refractivity contribution in [1.29, 1.82) is 5.26 Å². The van der Waals surface area contributed by atoms with Crippen molar-refractivity contribution in [3.63, 3.8) is 0 Å². The first-order chi connectivity index (χ1) is 18.8. The fourth-order valence-electron chi connectivity index (χ4n) is 4.36. The quantitative estimate of drug-likeness (QED) is 0.256. The van der Waals surface area contributed by atoms with Gasteiger partial charge in [0.2, 0.25) is 0 Å². The third-order valence-electron chi connectivity index (χ3n) is 6.51. The molecule has 0 spiro atoms. The van der Waals surface area contributed by atoms with Crippen LogP contribution in [0, 0.1) is 11.3 Å². The normalized spacial score (nSPS) is 11.2. The van der Waals surface area contributed by atoms with Crippen LogP contribution in [-0.4, -0.2) is 42.6 Å². The van der Waals surface area contributed by atoms with E-state index in [1.807, 2.05) is 26.8 Å². The predicted molar refractivity (Wildman–Crippen MR) is 150 cm³/mol. The molecule has 2 N–H and O–H groups in total. The molecule has 4 aromatic heterocycles. The molecule has 4 aromatic rings. The molecule has 1 amide bonds. The summed E-state index contributed by atoms with van der Waals surface area (Å²) in [5.74, 6) is 0.767. The van der Waals surface area contributed by atoms with Crippen LogP contribution in [0.25, 0.3) is 16.8 Å². The van der Waals surface area contributed by atoms with E-state index in [2.05, 4.69) is 43.3 Å². The average Bonchev–Trinajstić information content (AvgIpc) is 3.36. The van der Waals surface area contributed by atoms with E-state index in [1.165, 1.54) is 12.4 Å². The number of anilines is 1. The summed E-state index contributed by atoms with van der Waals surface area (Å²) < 4.78 is 7.28. The van der Waals surface area contributed by atoms with E-state index in [1.54, 1.807) is 35.2 Å². The Hall–Kier alpha value is -4.49. The monoisotopic (exact) mass is 544 g/mol. The molecule has 4 rings (SSSR count). The second-order valence-electron chi connectivity index (χ2n) is 8.95. The number of carbonyl (C=O) groups excluding carboxylic acids is 1. The molecule has 200 valence electrons. The Balaban J connectivity index is 1.52. The van der Waals surface area contributed by atoms with Crippen molar-refractivity contribution in [2.75, 3.05) is 11.9 Å². The van der Waals surface area contributed by atoms with Gasteiger partial charge < -0.3 is 15.4 Å². The van der Waals surface area contributed by atoms with Gasteiger partial charge in [-0.15, -0.1) is 0 Å². The van der Waals surface area contributed by atoms with Gasteiger partial charge in [0.1, 0.15) is 23.3 Å². The van der Waals surface area contributed by atoms with Gasteiger partial charge in [0.25, 0.3) is 5.91 Å². The highest BCUT2D eigenvalue weighted by Gasteiger charge is 2.30. The summed E-state index contributed by atoms with van der Waals surface area (Å²) in [7, 11) is 0. The largest absolute Gasteiger partial charge is 0.492 e. The SMILES string of the molecule is C=C(CC(CC)(CC)NC(=O)c1ncccc1Cl)Nc1cnc(-c2cc(OCC)cn3ncc(C#N)c23)cn1. The number of nitrogens with zero attached hydrogens (tertiary/aromatic N) is 6. The van der Waals surface area contributed by atoms with E-state index >= 15 is 0 Å². The number of ether oxygens (including phenoxy) is 1. The molecule has 0 atom stereocenters. The lowest BCUT2D eigenvalue weighted by Crippen LogP contribution is -2.48. The van der Waals surface area contributed by atoms with Gasteiger partial charge in [-0.3, -0.25) is 9.78 Å². The van der Waals surface area contributed by atoms with Crippen molar-refractivity contribution in [3.05, 3.63) is 77.7 Å². The van der Waals surface area contributed by atoms with Crippen LogP contribution in [0.2, 0.25) is 5.02 Å². The highest BCUT2D eigenvalue weighted by molar-refractivity contribution is 6.33. The van der Waals surface area contributed by atoms with Crippen LogP contribution in [0.5, 0.6) is 5.75 Å². The number of rotatable bonds is 11. The minimum Gasteiger partial charge on any atom is -0.492 e. The topological polar surface area (TPSA) is 130 Å². The number of carbonyl (C=O) groups is 1. The molecule has 0 aliphatic carbocycles. The molecule has 0 fully saturated rings. The smallest absolute Gasteiger partial charge is 0.271 e. The Bertz CT molecular complexity index is 1540. The number of nitriles is 1. The molecular weight excluding hydrogens is 516 g/mol. The molecule has 4 heterocycles. The summed E-state index contributed by atoms with van der Waals surface area (Å²) in [6.07, 6.45) is 9.78. The van der Waals surface area contributed by atoms with Crippen LogP contribution in [0.1, 0.15) is 56.1 Å². The molecule has 0 aromatic carbocycles. The summed E-state index contributed by atoms with van der Waals surface area (Å²) >= 11 is 6.18. The molecule has 0 radical (unpaired) electrons. The number of nitrogens with one attached hydrogen (secondary N) is 2. The van der Waals surface area contributed by atoms with Crippen LogP contribution in [0.3, 0.4) is 0 Å². The summed E-state index contributed by atoms with van der Waals surface area (Å²) in [6.45, 7) is 10.6. The third-order valence-corrected chi connectivity index (χ3v) is 6.81. The maximum absolute atomic E-state index is 12.9. The molecule has 0 bridgehead atoms. The Kier molecular flexibility index (Phi) is 8.42. The maximum atomic E-state index is 12.9. The van der Waals surface area contributed by atoms with Crippen LogP contribution < -0.4 is 15.4 Å². The number of hydrogen-bond donors (Lipinski definition) is 2. The zero-order valence-electron chi connectivity index (χ0n) is 22.0. The predicted octanol–water partition coefficient (Wildman–Crippen LogP) is 5.41. The summed E-state index contributed by atoms with van der Waals surface area (Å²) in [5, 5.41) is 20.4. The number of fused-ring (bicyclic) bond motifs is 1. The first-order valence-corrected chi connectivity index (χ1v) is 12.9. The number of aromatic nitrogens is 5. The first kappa shape index (κ1) is 27.5. The molecule has 11 heteroatoms. The van der Waals surface area contributed by atoms with E-state index in [4.69, 9.17) is 16.3 Å². The number of amides is 1. The number of halogens is 1. The van der Waals surface area contributed by atoms with Crippen LogP contribution >= 0.6 is 11.6 Å². The Morgan fingerprint density at radius 1 is 1.21 bits per heavy atom. The zero-order chi connectivity index (χ0) is 28.0. The van der Waals surface area contributed by atoms with Crippen molar-refractivity contribution in [2.24, 2.45) is 0 Å². The van der Waals surface area contributed by atoms with Gasteiger partial charge in [0, 0.05) is 29.4 Å². The first-order valence-electron chi connectivity index (χ1n) is 12.6. The minimum atomic E-state index is -0.559. The van der Waals surface area contributed by atoms with Crippen molar-refractivity contribution in [1.82, 2.24) is 29.9 Å². The summed E-state index contributed by atoms with van der Waals surface area (Å²) in [6, 6.07) is 7.31. The minimum absolute atomic E-state index is 0.186. The molecule has 0 aliphatic heterocycles. The van der Waals surface area contributed by atoms with Crippen LogP contribution in [0.15, 0.2) is 61.5 Å². The van der Waals surface area contributed by atoms with Crippen LogP contribution in [-0.2, 0) is 0 Å². The number of pyridine rings is 2. The summed E-state index contributed by atoms with van der Waals surface area (Å²) in [4.78, 5) is 26.1. The van der Waals surface area contributed by atoms with Crippen molar-refractivity contribution < 1.29 is 9.53 Å². The fraction of sp³-hybridized carbons (Fsp3) is 0.286. The standard InChI is InChI=1S/C28H29ClN8O2/c1-5-28(6-2,36-27(38)25-22(29)9-8-10-31-25)12-18(4)35-24-16-32-23(15-33-24)21-11-20(39-7-3)17-37-26(21)19(13-30)14-34-37/h8-11,14-17H,4-7,12H2,1-3H3,(H,33,35)(H,36,38). The average molecular weight is 545 g/mol. The van der Waals surface area contributed by atoms with Gasteiger partial charge >= 0.3 is 0 Å². The molecule has 0 saturated heterocycles. The van der Waals surface area contributed by atoms with E-state index in [0.29, 0.717) is 70.5 Å². The maximum Gasteiger partial charge on any atom is 0.271 e.